The highest BCUT2D eigenvalue weighted by atomic mass is 19.3. The fourth-order valence-corrected chi connectivity index (χ4v) is 1.31. The molecule has 0 atom stereocenters. The molecular weight excluding hydrogens is 230 g/mol. The van der Waals surface area contributed by atoms with Crippen LogP contribution in [0, 0.1) is 0 Å². The molecule has 0 saturated carbocycles. The molecular formula is C10H16F2N4O. The number of ether oxygens (including phenoxy) is 1. The number of hydrogen-bond donors (Lipinski definition) is 1. The van der Waals surface area contributed by atoms with Crippen LogP contribution in [0.15, 0.2) is 12.3 Å². The molecule has 1 heterocycles. The van der Waals surface area contributed by atoms with Crippen molar-refractivity contribution in [2.24, 2.45) is 5.73 Å². The molecule has 0 radical (unpaired) electrons. The fourth-order valence-electron chi connectivity index (χ4n) is 1.31. The summed E-state index contributed by atoms with van der Waals surface area (Å²) >= 11 is 0. The Kier molecular flexibility index (Phi) is 5.55. The Morgan fingerprint density at radius 2 is 2.29 bits per heavy atom. The molecule has 0 amide bonds. The van der Waals surface area contributed by atoms with Gasteiger partial charge in [0.15, 0.2) is 0 Å². The van der Waals surface area contributed by atoms with Gasteiger partial charge in [0.25, 0.3) is 6.43 Å². The number of nitrogens with two attached hydrogens (primary N) is 1. The summed E-state index contributed by atoms with van der Waals surface area (Å²) in [5.74, 6) is 0.579. The van der Waals surface area contributed by atoms with Crippen LogP contribution in [0.3, 0.4) is 0 Å². The minimum Gasteiger partial charge on any atom is -0.478 e. The zero-order valence-corrected chi connectivity index (χ0v) is 9.64. The van der Waals surface area contributed by atoms with Gasteiger partial charge < -0.3 is 15.4 Å². The standard InChI is InChI=1S/C10H16F2N4O/c1-2-17-9-3-5-14-10(15-9)16(6-4-13)7-8(11)12/h3,5,8H,2,4,6-7,13H2,1H3. The molecule has 0 spiro atoms. The first-order valence-corrected chi connectivity index (χ1v) is 5.36. The van der Waals surface area contributed by atoms with Crippen LogP contribution in [0.5, 0.6) is 5.88 Å². The number of anilines is 1. The maximum atomic E-state index is 12.4. The van der Waals surface area contributed by atoms with Gasteiger partial charge in [0.2, 0.25) is 11.8 Å². The van der Waals surface area contributed by atoms with Crippen molar-refractivity contribution in [1.82, 2.24) is 9.97 Å². The van der Waals surface area contributed by atoms with Crippen LogP contribution in [-0.2, 0) is 0 Å². The molecule has 0 saturated heterocycles. The summed E-state index contributed by atoms with van der Waals surface area (Å²) in [6.07, 6.45) is -0.983. The largest absolute Gasteiger partial charge is 0.478 e. The maximum absolute atomic E-state index is 12.4. The van der Waals surface area contributed by atoms with Crippen LogP contribution < -0.4 is 15.4 Å². The Labute approximate surface area is 98.6 Å². The Hall–Kier alpha value is -1.50. The van der Waals surface area contributed by atoms with E-state index in [1.807, 2.05) is 6.92 Å². The van der Waals surface area contributed by atoms with Gasteiger partial charge in [0.1, 0.15) is 0 Å². The molecule has 0 aliphatic rings. The van der Waals surface area contributed by atoms with E-state index in [4.69, 9.17) is 10.5 Å². The lowest BCUT2D eigenvalue weighted by Gasteiger charge is -2.21. The van der Waals surface area contributed by atoms with Crippen molar-refractivity contribution in [2.75, 3.05) is 31.1 Å². The van der Waals surface area contributed by atoms with E-state index in [1.54, 1.807) is 6.07 Å². The zero-order chi connectivity index (χ0) is 12.7. The summed E-state index contributed by atoms with van der Waals surface area (Å²) in [5.41, 5.74) is 5.37. The Morgan fingerprint density at radius 1 is 1.53 bits per heavy atom. The molecule has 1 aromatic rings. The third-order valence-corrected chi connectivity index (χ3v) is 1.95. The number of alkyl halides is 2. The number of halogens is 2. The monoisotopic (exact) mass is 246 g/mol. The van der Waals surface area contributed by atoms with Crippen molar-refractivity contribution < 1.29 is 13.5 Å². The first-order chi connectivity index (χ1) is 8.17. The van der Waals surface area contributed by atoms with Gasteiger partial charge >= 0.3 is 0 Å². The van der Waals surface area contributed by atoms with Crippen molar-refractivity contribution in [2.45, 2.75) is 13.3 Å². The summed E-state index contributed by atoms with van der Waals surface area (Å²) in [5, 5.41) is 0. The lowest BCUT2D eigenvalue weighted by molar-refractivity contribution is 0.154. The Balaban J connectivity index is 2.81. The minimum absolute atomic E-state index is 0.210. The quantitative estimate of drug-likeness (QED) is 0.774. The van der Waals surface area contributed by atoms with Crippen LogP contribution >= 0.6 is 0 Å². The van der Waals surface area contributed by atoms with Crippen molar-refractivity contribution in [3.63, 3.8) is 0 Å². The number of nitrogens with zero attached hydrogens (tertiary/aromatic N) is 3. The molecule has 0 fully saturated rings. The van der Waals surface area contributed by atoms with Gasteiger partial charge in [-0.25, -0.2) is 13.8 Å². The highest BCUT2D eigenvalue weighted by Gasteiger charge is 2.15. The molecule has 0 bridgehead atoms. The Morgan fingerprint density at radius 3 is 2.88 bits per heavy atom. The fraction of sp³-hybridized carbons (Fsp3) is 0.600. The summed E-state index contributed by atoms with van der Waals surface area (Å²) < 4.78 is 29.9. The smallest absolute Gasteiger partial charge is 0.255 e. The SMILES string of the molecule is CCOc1ccnc(N(CCN)CC(F)F)n1. The third-order valence-electron chi connectivity index (χ3n) is 1.95. The van der Waals surface area contributed by atoms with E-state index in [0.717, 1.165) is 0 Å². The first-order valence-electron chi connectivity index (χ1n) is 5.36. The number of hydrogen-bond acceptors (Lipinski definition) is 5. The van der Waals surface area contributed by atoms with E-state index in [1.165, 1.54) is 11.1 Å². The van der Waals surface area contributed by atoms with E-state index in [9.17, 15) is 8.78 Å². The van der Waals surface area contributed by atoms with E-state index >= 15 is 0 Å². The van der Waals surface area contributed by atoms with Crippen molar-refractivity contribution in [1.29, 1.82) is 0 Å². The van der Waals surface area contributed by atoms with Gasteiger partial charge in [-0.05, 0) is 6.92 Å². The lowest BCUT2D eigenvalue weighted by atomic mass is 10.5. The van der Waals surface area contributed by atoms with Crippen molar-refractivity contribution >= 4 is 5.95 Å². The van der Waals surface area contributed by atoms with Gasteiger partial charge in [0, 0.05) is 25.4 Å². The second-order valence-corrected chi connectivity index (χ2v) is 3.25. The minimum atomic E-state index is -2.46. The van der Waals surface area contributed by atoms with Crippen LogP contribution in [0.1, 0.15) is 6.92 Å². The lowest BCUT2D eigenvalue weighted by Crippen LogP contribution is -2.34. The van der Waals surface area contributed by atoms with Gasteiger partial charge in [-0.15, -0.1) is 0 Å². The van der Waals surface area contributed by atoms with E-state index < -0.39 is 13.0 Å². The van der Waals surface area contributed by atoms with Crippen molar-refractivity contribution in [3.8, 4) is 5.88 Å². The molecule has 5 nitrogen and oxygen atoms in total. The van der Waals surface area contributed by atoms with Crippen LogP contribution in [0.4, 0.5) is 14.7 Å². The normalized spacial score (nSPS) is 10.6. The molecule has 0 aliphatic heterocycles. The number of aromatic nitrogens is 2. The molecule has 17 heavy (non-hydrogen) atoms. The van der Waals surface area contributed by atoms with Gasteiger partial charge in [-0.1, -0.05) is 0 Å². The second kappa shape index (κ2) is 6.95. The van der Waals surface area contributed by atoms with Crippen LogP contribution in [0.25, 0.3) is 0 Å². The van der Waals surface area contributed by atoms with Crippen molar-refractivity contribution in [3.05, 3.63) is 12.3 Å². The molecule has 0 aromatic carbocycles. The topological polar surface area (TPSA) is 64.3 Å². The van der Waals surface area contributed by atoms with Crippen LogP contribution in [0.2, 0.25) is 0 Å². The molecule has 7 heteroatoms. The average molecular weight is 246 g/mol. The van der Waals surface area contributed by atoms with E-state index in [-0.39, 0.29) is 19.0 Å². The maximum Gasteiger partial charge on any atom is 0.255 e. The molecule has 1 aromatic heterocycles. The molecule has 0 unspecified atom stereocenters. The number of rotatable bonds is 7. The second-order valence-electron chi connectivity index (χ2n) is 3.25. The highest BCUT2D eigenvalue weighted by Crippen LogP contribution is 2.13. The zero-order valence-electron chi connectivity index (χ0n) is 9.64. The van der Waals surface area contributed by atoms with E-state index in [0.29, 0.717) is 12.5 Å². The predicted molar refractivity (Wildman–Crippen MR) is 60.5 cm³/mol. The van der Waals surface area contributed by atoms with Gasteiger partial charge in [0.05, 0.1) is 13.2 Å². The molecule has 96 valence electrons. The molecule has 0 aliphatic carbocycles. The summed E-state index contributed by atoms with van der Waals surface area (Å²) in [6, 6.07) is 1.58. The summed E-state index contributed by atoms with van der Waals surface area (Å²) in [7, 11) is 0. The highest BCUT2D eigenvalue weighted by molar-refractivity contribution is 5.32. The molecule has 1 rings (SSSR count). The first kappa shape index (κ1) is 13.6. The average Bonchev–Trinajstić information content (AvgIpc) is 2.29. The summed E-state index contributed by atoms with van der Waals surface area (Å²) in [6.45, 7) is 2.38. The van der Waals surface area contributed by atoms with Gasteiger partial charge in [-0.2, -0.15) is 4.98 Å². The van der Waals surface area contributed by atoms with Crippen LogP contribution in [-0.4, -0.2) is 42.6 Å². The van der Waals surface area contributed by atoms with Gasteiger partial charge in [-0.3, -0.25) is 0 Å². The molecule has 2 N–H and O–H groups in total. The predicted octanol–water partition coefficient (Wildman–Crippen LogP) is 0.905. The third kappa shape index (κ3) is 4.48. The van der Waals surface area contributed by atoms with E-state index in [2.05, 4.69) is 9.97 Å². The summed E-state index contributed by atoms with van der Waals surface area (Å²) in [4.78, 5) is 9.32. The Bertz CT molecular complexity index is 338.